The van der Waals surface area contributed by atoms with Crippen molar-refractivity contribution in [1.82, 2.24) is 0 Å². The Morgan fingerprint density at radius 1 is 1.06 bits per heavy atom. The normalized spacial score (nSPS) is 14.6. The van der Waals surface area contributed by atoms with Gasteiger partial charge in [-0.25, -0.2) is 4.39 Å². The summed E-state index contributed by atoms with van der Waals surface area (Å²) >= 11 is 0. The van der Waals surface area contributed by atoms with Crippen LogP contribution in [0.25, 0.3) is 0 Å². The molecule has 1 aromatic carbocycles. The van der Waals surface area contributed by atoms with Crippen LogP contribution in [0.2, 0.25) is 0 Å². The van der Waals surface area contributed by atoms with Gasteiger partial charge in [-0.3, -0.25) is 0 Å². The first-order valence-corrected chi connectivity index (χ1v) is 6.64. The third kappa shape index (κ3) is 4.09. The molecular weight excluding hydrogens is 225 g/mol. The second-order valence-corrected chi connectivity index (χ2v) is 6.93. The number of halogens is 1. The average molecular weight is 251 g/mol. The minimum absolute atomic E-state index is 0.0854. The minimum Gasteiger partial charge on any atom is -0.327 e. The fraction of sp³-hybridized carbons (Fsp3) is 0.625. The first-order valence-electron chi connectivity index (χ1n) is 6.64. The van der Waals surface area contributed by atoms with Crippen LogP contribution in [0, 0.1) is 11.2 Å². The van der Waals surface area contributed by atoms with Crippen molar-refractivity contribution in [2.45, 2.75) is 58.9 Å². The maximum atomic E-state index is 12.9. The molecular formula is C16H26FN. The van der Waals surface area contributed by atoms with Gasteiger partial charge in [-0.05, 0) is 36.0 Å². The Bertz CT molecular complexity index is 373. The lowest BCUT2D eigenvalue weighted by molar-refractivity contribution is 0.303. The van der Waals surface area contributed by atoms with Crippen LogP contribution in [0.5, 0.6) is 0 Å². The summed E-state index contributed by atoms with van der Waals surface area (Å²) < 4.78 is 12.9. The van der Waals surface area contributed by atoms with E-state index >= 15 is 0 Å². The third-order valence-corrected chi connectivity index (χ3v) is 3.72. The highest BCUT2D eigenvalue weighted by atomic mass is 19.1. The molecule has 18 heavy (non-hydrogen) atoms. The number of nitrogens with two attached hydrogens (primary N) is 1. The molecule has 102 valence electrons. The summed E-state index contributed by atoms with van der Waals surface area (Å²) in [6.45, 7) is 10.9. The first-order chi connectivity index (χ1) is 8.13. The molecule has 1 atom stereocenters. The van der Waals surface area contributed by atoms with E-state index < -0.39 is 0 Å². The van der Waals surface area contributed by atoms with E-state index in [9.17, 15) is 4.39 Å². The monoisotopic (exact) mass is 251 g/mol. The van der Waals surface area contributed by atoms with Crippen LogP contribution in [0.15, 0.2) is 24.3 Å². The van der Waals surface area contributed by atoms with Gasteiger partial charge in [-0.1, -0.05) is 46.8 Å². The largest absolute Gasteiger partial charge is 0.327 e. The van der Waals surface area contributed by atoms with Crippen molar-refractivity contribution < 1.29 is 4.39 Å². The smallest absolute Gasteiger partial charge is 0.123 e. The maximum Gasteiger partial charge on any atom is 0.123 e. The number of hydrogen-bond donors (Lipinski definition) is 1. The highest BCUT2D eigenvalue weighted by molar-refractivity contribution is 5.26. The molecule has 0 bridgehead atoms. The van der Waals surface area contributed by atoms with Crippen molar-refractivity contribution in [2.24, 2.45) is 11.1 Å². The van der Waals surface area contributed by atoms with Gasteiger partial charge in [0.15, 0.2) is 0 Å². The zero-order chi connectivity index (χ0) is 14.0. The maximum absolute atomic E-state index is 12.9. The lowest BCUT2D eigenvalue weighted by Crippen LogP contribution is -2.41. The number of benzene rings is 1. The van der Waals surface area contributed by atoms with Gasteiger partial charge in [-0.15, -0.1) is 0 Å². The van der Waals surface area contributed by atoms with Crippen LogP contribution in [0.4, 0.5) is 4.39 Å². The fourth-order valence-corrected chi connectivity index (χ4v) is 2.04. The van der Waals surface area contributed by atoms with Crippen molar-refractivity contribution in [2.75, 3.05) is 0 Å². The molecule has 0 amide bonds. The summed E-state index contributed by atoms with van der Waals surface area (Å²) in [5.41, 5.74) is 7.61. The molecule has 2 N–H and O–H groups in total. The lowest BCUT2D eigenvalue weighted by atomic mass is 9.74. The van der Waals surface area contributed by atoms with Crippen molar-refractivity contribution in [3.05, 3.63) is 35.6 Å². The minimum atomic E-state index is -0.196. The molecule has 0 aliphatic heterocycles. The number of hydrogen-bond acceptors (Lipinski definition) is 1. The van der Waals surface area contributed by atoms with Crippen molar-refractivity contribution in [3.63, 3.8) is 0 Å². The molecule has 0 fully saturated rings. The van der Waals surface area contributed by atoms with E-state index in [0.29, 0.717) is 5.41 Å². The van der Waals surface area contributed by atoms with Gasteiger partial charge in [0.05, 0.1) is 0 Å². The van der Waals surface area contributed by atoms with Crippen molar-refractivity contribution in [1.29, 1.82) is 0 Å². The highest BCUT2D eigenvalue weighted by Crippen LogP contribution is 2.31. The number of rotatable bonds is 4. The fourth-order valence-electron chi connectivity index (χ4n) is 2.04. The zero-order valence-electron chi connectivity index (χ0n) is 12.3. The molecule has 1 unspecified atom stereocenters. The van der Waals surface area contributed by atoms with Gasteiger partial charge in [0, 0.05) is 11.5 Å². The van der Waals surface area contributed by atoms with Crippen molar-refractivity contribution >= 4 is 0 Å². The van der Waals surface area contributed by atoms with Crippen molar-refractivity contribution in [3.8, 4) is 0 Å². The van der Waals surface area contributed by atoms with Gasteiger partial charge >= 0.3 is 0 Å². The highest BCUT2D eigenvalue weighted by Gasteiger charge is 2.29. The van der Waals surface area contributed by atoms with E-state index in [1.165, 1.54) is 12.1 Å². The first kappa shape index (κ1) is 15.2. The molecule has 0 saturated carbocycles. The Morgan fingerprint density at radius 2 is 1.56 bits per heavy atom. The summed E-state index contributed by atoms with van der Waals surface area (Å²) in [6, 6.07) is 6.78. The summed E-state index contributed by atoms with van der Waals surface area (Å²) in [5.74, 6) is -0.196. The van der Waals surface area contributed by atoms with E-state index in [0.717, 1.165) is 18.4 Å². The van der Waals surface area contributed by atoms with Crippen LogP contribution < -0.4 is 5.73 Å². The lowest BCUT2D eigenvalue weighted by Gasteiger charge is -2.34. The van der Waals surface area contributed by atoms with E-state index in [4.69, 9.17) is 5.73 Å². The molecule has 0 heterocycles. The summed E-state index contributed by atoms with van der Waals surface area (Å²) in [6.07, 6.45) is 2.08. The second-order valence-electron chi connectivity index (χ2n) is 6.93. The molecule has 0 saturated heterocycles. The van der Waals surface area contributed by atoms with Gasteiger partial charge in [0.2, 0.25) is 0 Å². The summed E-state index contributed by atoms with van der Waals surface area (Å²) in [4.78, 5) is 0. The van der Waals surface area contributed by atoms with Gasteiger partial charge in [0.25, 0.3) is 0 Å². The van der Waals surface area contributed by atoms with Gasteiger partial charge < -0.3 is 5.73 Å². The predicted octanol–water partition coefficient (Wildman–Crippen LogP) is 4.26. The third-order valence-electron chi connectivity index (χ3n) is 3.72. The molecule has 0 aromatic heterocycles. The van der Waals surface area contributed by atoms with Gasteiger partial charge in [-0.2, -0.15) is 0 Å². The van der Waals surface area contributed by atoms with Crippen LogP contribution in [-0.2, 0) is 5.41 Å². The van der Waals surface area contributed by atoms with E-state index in [2.05, 4.69) is 34.6 Å². The molecule has 0 radical (unpaired) electrons. The quantitative estimate of drug-likeness (QED) is 0.850. The Hall–Kier alpha value is -0.890. The Balaban J connectivity index is 2.76. The second kappa shape index (κ2) is 5.40. The summed E-state index contributed by atoms with van der Waals surface area (Å²) in [5, 5.41) is 0. The Kier molecular flexibility index (Phi) is 4.55. The van der Waals surface area contributed by atoms with E-state index in [1.54, 1.807) is 0 Å². The molecule has 1 aromatic rings. The molecule has 0 aliphatic rings. The molecule has 0 spiro atoms. The Morgan fingerprint density at radius 3 is 2.00 bits per heavy atom. The standard InChI is InChI=1S/C16H26FN/c1-15(2,3)11-10-14(18)16(4,5)12-6-8-13(17)9-7-12/h6-9,14H,10-11,18H2,1-5H3. The van der Waals surface area contributed by atoms with E-state index in [1.807, 2.05) is 12.1 Å². The SMILES string of the molecule is CC(C)(C)CCC(N)C(C)(C)c1ccc(F)cc1. The molecule has 1 rings (SSSR count). The van der Waals surface area contributed by atoms with Crippen LogP contribution >= 0.6 is 0 Å². The topological polar surface area (TPSA) is 26.0 Å². The zero-order valence-corrected chi connectivity index (χ0v) is 12.3. The molecule has 0 aliphatic carbocycles. The average Bonchev–Trinajstić information content (AvgIpc) is 2.25. The van der Waals surface area contributed by atoms with Crippen LogP contribution in [-0.4, -0.2) is 6.04 Å². The van der Waals surface area contributed by atoms with Crippen LogP contribution in [0.1, 0.15) is 53.0 Å². The van der Waals surface area contributed by atoms with E-state index in [-0.39, 0.29) is 17.3 Å². The summed E-state index contributed by atoms with van der Waals surface area (Å²) in [7, 11) is 0. The Labute approximate surface area is 111 Å². The predicted molar refractivity (Wildman–Crippen MR) is 76.1 cm³/mol. The molecule has 1 nitrogen and oxygen atoms in total. The van der Waals surface area contributed by atoms with Crippen LogP contribution in [0.3, 0.4) is 0 Å². The molecule has 2 heteroatoms. The van der Waals surface area contributed by atoms with Gasteiger partial charge in [0.1, 0.15) is 5.82 Å².